The van der Waals surface area contributed by atoms with E-state index in [1.165, 1.54) is 56.7 Å². The first kappa shape index (κ1) is 27.2. The number of rotatable bonds is 9. The molecule has 10 nitrogen and oxygen atoms in total. The van der Waals surface area contributed by atoms with Crippen molar-refractivity contribution in [2.45, 2.75) is 18.7 Å². The first-order chi connectivity index (χ1) is 17.5. The lowest BCUT2D eigenvalue weighted by Gasteiger charge is -2.12. The Hall–Kier alpha value is -4.38. The van der Waals surface area contributed by atoms with Crippen molar-refractivity contribution in [1.82, 2.24) is 0 Å². The molecule has 3 aromatic rings. The van der Waals surface area contributed by atoms with Crippen LogP contribution >= 0.6 is 0 Å². The summed E-state index contributed by atoms with van der Waals surface area (Å²) in [5, 5.41) is 2.54. The van der Waals surface area contributed by atoms with E-state index >= 15 is 0 Å². The van der Waals surface area contributed by atoms with Crippen LogP contribution in [0.25, 0.3) is 0 Å². The third kappa shape index (κ3) is 7.31. The van der Waals surface area contributed by atoms with Gasteiger partial charge >= 0.3 is 11.9 Å². The molecule has 3 aromatic carbocycles. The van der Waals surface area contributed by atoms with Crippen molar-refractivity contribution in [2.24, 2.45) is 0 Å². The largest absolute Gasteiger partial charge is 0.484 e. The number of amides is 1. The molecule has 1 amide bonds. The van der Waals surface area contributed by atoms with Crippen LogP contribution in [0.1, 0.15) is 31.8 Å². The number of carbonyl (C=O) groups excluding carboxylic acids is 3. The van der Waals surface area contributed by atoms with Crippen LogP contribution in [0.4, 0.5) is 11.4 Å². The van der Waals surface area contributed by atoms with Crippen LogP contribution in [-0.4, -0.2) is 47.1 Å². The van der Waals surface area contributed by atoms with Crippen molar-refractivity contribution in [3.05, 3.63) is 82.9 Å². The molecule has 0 saturated carbocycles. The van der Waals surface area contributed by atoms with Gasteiger partial charge < -0.3 is 19.5 Å². The lowest BCUT2D eigenvalue weighted by molar-refractivity contribution is -0.118. The van der Waals surface area contributed by atoms with Crippen LogP contribution in [0.5, 0.6) is 5.75 Å². The number of nitrogens with one attached hydrogen (secondary N) is 2. The topological polar surface area (TPSA) is 137 Å². The molecule has 37 heavy (non-hydrogen) atoms. The fraction of sp³-hybridized carbons (Fsp3) is 0.192. The van der Waals surface area contributed by atoms with Gasteiger partial charge in [-0.25, -0.2) is 18.0 Å². The molecule has 0 unspecified atom stereocenters. The van der Waals surface area contributed by atoms with Gasteiger partial charge in [0, 0.05) is 11.4 Å². The second kappa shape index (κ2) is 11.6. The normalized spacial score (nSPS) is 10.8. The van der Waals surface area contributed by atoms with Crippen molar-refractivity contribution in [3.8, 4) is 5.75 Å². The quantitative estimate of drug-likeness (QED) is 0.403. The monoisotopic (exact) mass is 526 g/mol. The second-order valence-electron chi connectivity index (χ2n) is 8.07. The Morgan fingerprint density at radius 1 is 0.757 bits per heavy atom. The third-order valence-electron chi connectivity index (χ3n) is 5.04. The highest BCUT2D eigenvalue weighted by atomic mass is 32.2. The van der Waals surface area contributed by atoms with Gasteiger partial charge in [-0.05, 0) is 79.6 Å². The molecule has 0 saturated heterocycles. The molecule has 0 aliphatic heterocycles. The van der Waals surface area contributed by atoms with E-state index in [9.17, 15) is 22.8 Å². The smallest absolute Gasteiger partial charge is 0.337 e. The second-order valence-corrected chi connectivity index (χ2v) is 9.75. The number of esters is 2. The summed E-state index contributed by atoms with van der Waals surface area (Å²) in [5.41, 5.74) is 2.58. The lowest BCUT2D eigenvalue weighted by Crippen LogP contribution is -2.21. The van der Waals surface area contributed by atoms with Gasteiger partial charge in [0.05, 0.1) is 30.2 Å². The van der Waals surface area contributed by atoms with Crippen molar-refractivity contribution in [1.29, 1.82) is 0 Å². The van der Waals surface area contributed by atoms with Crippen LogP contribution < -0.4 is 14.8 Å². The summed E-state index contributed by atoms with van der Waals surface area (Å²) in [6, 6.07) is 15.0. The fourth-order valence-electron chi connectivity index (χ4n) is 3.48. The molecule has 11 heteroatoms. The van der Waals surface area contributed by atoms with Crippen LogP contribution in [-0.2, 0) is 24.3 Å². The molecule has 0 radical (unpaired) electrons. The molecule has 0 fully saturated rings. The maximum atomic E-state index is 12.7. The zero-order valence-corrected chi connectivity index (χ0v) is 21.5. The summed E-state index contributed by atoms with van der Waals surface area (Å²) in [5.74, 6) is -1.70. The molecule has 0 atom stereocenters. The highest BCUT2D eigenvalue weighted by molar-refractivity contribution is 7.92. The number of methoxy groups -OCH3 is 2. The summed E-state index contributed by atoms with van der Waals surface area (Å²) < 4.78 is 42.8. The van der Waals surface area contributed by atoms with Gasteiger partial charge in [-0.3, -0.25) is 9.52 Å². The fourth-order valence-corrected chi connectivity index (χ4v) is 4.52. The van der Waals surface area contributed by atoms with E-state index in [0.717, 1.165) is 11.1 Å². The Morgan fingerprint density at radius 2 is 1.30 bits per heavy atom. The maximum Gasteiger partial charge on any atom is 0.337 e. The van der Waals surface area contributed by atoms with Gasteiger partial charge in [-0.1, -0.05) is 6.07 Å². The van der Waals surface area contributed by atoms with Gasteiger partial charge in [0.15, 0.2) is 6.61 Å². The SMILES string of the molecule is COC(=O)c1cc(NC(=O)COc2ccc(S(=O)(=O)Nc3cc(C)cc(C)c3)cc2)cc(C(=O)OC)c1. The minimum absolute atomic E-state index is 0.0263. The average Bonchev–Trinajstić information content (AvgIpc) is 2.85. The first-order valence-electron chi connectivity index (χ1n) is 11.0. The predicted octanol–water partition coefficient (Wildman–Crippen LogP) is 3.69. The lowest BCUT2D eigenvalue weighted by atomic mass is 10.1. The van der Waals surface area contributed by atoms with E-state index in [1.54, 1.807) is 12.1 Å². The molecule has 194 valence electrons. The number of ether oxygens (including phenoxy) is 3. The standard InChI is InChI=1S/C26H26N2O8S/c1-16-9-17(2)11-21(10-16)28-37(32,33)23-7-5-22(6-8-23)36-15-24(29)27-20-13-18(25(30)34-3)12-19(14-20)26(31)35-4/h5-14,28H,15H2,1-4H3,(H,27,29). The van der Waals surface area contributed by atoms with Gasteiger partial charge in [0.2, 0.25) is 0 Å². The van der Waals surface area contributed by atoms with E-state index < -0.39 is 34.5 Å². The van der Waals surface area contributed by atoms with Crippen LogP contribution in [0, 0.1) is 13.8 Å². The maximum absolute atomic E-state index is 12.7. The highest BCUT2D eigenvalue weighted by Gasteiger charge is 2.17. The molecule has 0 heterocycles. The number of anilines is 2. The molecule has 2 N–H and O–H groups in total. The number of benzene rings is 3. The first-order valence-corrected chi connectivity index (χ1v) is 12.4. The average molecular weight is 527 g/mol. The molecule has 3 rings (SSSR count). The van der Waals surface area contributed by atoms with Gasteiger partial charge in [0.1, 0.15) is 5.75 Å². The molecule has 0 aromatic heterocycles. The Kier molecular flexibility index (Phi) is 8.51. The number of carbonyl (C=O) groups is 3. The summed E-state index contributed by atoms with van der Waals surface area (Å²) in [6.07, 6.45) is 0. The van der Waals surface area contributed by atoms with E-state index in [2.05, 4.69) is 19.5 Å². The molecular weight excluding hydrogens is 500 g/mol. The molecule has 0 aliphatic carbocycles. The molecular formula is C26H26N2O8S. The zero-order chi connectivity index (χ0) is 27.2. The van der Waals surface area contributed by atoms with Crippen molar-refractivity contribution in [2.75, 3.05) is 30.9 Å². The van der Waals surface area contributed by atoms with E-state index in [0.29, 0.717) is 5.69 Å². The number of aryl methyl sites for hydroxylation is 2. The molecule has 0 bridgehead atoms. The summed E-state index contributed by atoms with van der Waals surface area (Å²) in [6.45, 7) is 3.34. The van der Waals surface area contributed by atoms with E-state index in [4.69, 9.17) is 4.74 Å². The summed E-state index contributed by atoms with van der Waals surface area (Å²) in [7, 11) is -1.44. The van der Waals surface area contributed by atoms with Crippen molar-refractivity contribution < 1.29 is 37.0 Å². The van der Waals surface area contributed by atoms with Crippen molar-refractivity contribution >= 4 is 39.2 Å². The van der Waals surface area contributed by atoms with Crippen LogP contribution in [0.15, 0.2) is 65.6 Å². The number of hydrogen-bond acceptors (Lipinski definition) is 8. The Labute approximate surface area is 214 Å². The van der Waals surface area contributed by atoms with Crippen LogP contribution in [0.3, 0.4) is 0 Å². The van der Waals surface area contributed by atoms with Crippen molar-refractivity contribution in [3.63, 3.8) is 0 Å². The third-order valence-corrected chi connectivity index (χ3v) is 6.43. The van der Waals surface area contributed by atoms with Gasteiger partial charge in [-0.15, -0.1) is 0 Å². The number of sulfonamides is 1. The summed E-state index contributed by atoms with van der Waals surface area (Å²) >= 11 is 0. The van der Waals surface area contributed by atoms with Gasteiger partial charge in [0.25, 0.3) is 15.9 Å². The Bertz CT molecular complexity index is 1380. The van der Waals surface area contributed by atoms with Crippen LogP contribution in [0.2, 0.25) is 0 Å². The minimum atomic E-state index is -3.82. The minimum Gasteiger partial charge on any atom is -0.484 e. The van der Waals surface area contributed by atoms with E-state index in [1.807, 2.05) is 19.9 Å². The Morgan fingerprint density at radius 3 is 1.81 bits per heavy atom. The highest BCUT2D eigenvalue weighted by Crippen LogP contribution is 2.22. The Balaban J connectivity index is 1.65. The molecule has 0 aliphatic rings. The zero-order valence-electron chi connectivity index (χ0n) is 20.7. The summed E-state index contributed by atoms with van der Waals surface area (Å²) in [4.78, 5) is 36.2. The molecule has 0 spiro atoms. The number of hydrogen-bond donors (Lipinski definition) is 2. The van der Waals surface area contributed by atoms with Gasteiger partial charge in [-0.2, -0.15) is 0 Å². The van der Waals surface area contributed by atoms with E-state index in [-0.39, 0.29) is 27.5 Å². The predicted molar refractivity (Wildman–Crippen MR) is 136 cm³/mol.